The minimum Gasteiger partial charge on any atom is -0.337 e. The molecule has 0 fully saturated rings. The number of aryl methyl sites for hydroxylation is 2. The third kappa shape index (κ3) is 3.71. The van der Waals surface area contributed by atoms with Crippen molar-refractivity contribution in [3.05, 3.63) is 54.1 Å². The Morgan fingerprint density at radius 3 is 2.71 bits per heavy atom. The molecule has 90 valence electrons. The standard InChI is InChI=1S/C14H19N3/c15-9-8-14-11-17(12-16-14)10-4-7-13-5-2-1-3-6-13/h1-3,5-6,11-12H,4,7-10,15H2. The van der Waals surface area contributed by atoms with Crippen LogP contribution in [0.2, 0.25) is 0 Å². The predicted molar refractivity (Wildman–Crippen MR) is 69.7 cm³/mol. The zero-order valence-corrected chi connectivity index (χ0v) is 10.0. The van der Waals surface area contributed by atoms with Crippen LogP contribution in [-0.2, 0) is 19.4 Å². The predicted octanol–water partition coefficient (Wildman–Crippen LogP) is 2.02. The molecule has 1 aromatic heterocycles. The number of imidazole rings is 1. The lowest BCUT2D eigenvalue weighted by molar-refractivity contribution is 0.641. The Balaban J connectivity index is 1.78. The van der Waals surface area contributed by atoms with Crippen LogP contribution < -0.4 is 5.73 Å². The second-order valence-electron chi connectivity index (χ2n) is 4.23. The van der Waals surface area contributed by atoms with Gasteiger partial charge in [-0.05, 0) is 24.9 Å². The van der Waals surface area contributed by atoms with Crippen molar-refractivity contribution in [2.45, 2.75) is 25.8 Å². The van der Waals surface area contributed by atoms with Gasteiger partial charge in [0.05, 0.1) is 12.0 Å². The molecule has 2 aromatic rings. The van der Waals surface area contributed by atoms with E-state index in [1.807, 2.05) is 6.33 Å². The first-order valence-corrected chi connectivity index (χ1v) is 6.13. The molecule has 0 aliphatic heterocycles. The van der Waals surface area contributed by atoms with Crippen molar-refractivity contribution >= 4 is 0 Å². The molecule has 0 aliphatic rings. The molecule has 0 atom stereocenters. The van der Waals surface area contributed by atoms with Crippen LogP contribution in [0.15, 0.2) is 42.9 Å². The van der Waals surface area contributed by atoms with Crippen LogP contribution in [0.3, 0.4) is 0 Å². The van der Waals surface area contributed by atoms with Gasteiger partial charge in [0.25, 0.3) is 0 Å². The van der Waals surface area contributed by atoms with Crippen molar-refractivity contribution in [2.75, 3.05) is 6.54 Å². The fourth-order valence-corrected chi connectivity index (χ4v) is 1.92. The van der Waals surface area contributed by atoms with E-state index in [9.17, 15) is 0 Å². The molecule has 0 saturated carbocycles. The van der Waals surface area contributed by atoms with Crippen molar-refractivity contribution in [3.8, 4) is 0 Å². The van der Waals surface area contributed by atoms with Gasteiger partial charge in [0.1, 0.15) is 0 Å². The molecule has 2 rings (SSSR count). The highest BCUT2D eigenvalue weighted by atomic mass is 15.0. The maximum atomic E-state index is 5.50. The summed E-state index contributed by atoms with van der Waals surface area (Å²) in [6.45, 7) is 1.69. The van der Waals surface area contributed by atoms with Gasteiger partial charge in [0, 0.05) is 19.2 Å². The second kappa shape index (κ2) is 6.21. The first-order chi connectivity index (χ1) is 8.38. The van der Waals surface area contributed by atoms with Gasteiger partial charge in [-0.1, -0.05) is 30.3 Å². The number of aromatic nitrogens is 2. The lowest BCUT2D eigenvalue weighted by atomic mass is 10.1. The average Bonchev–Trinajstić information content (AvgIpc) is 2.79. The summed E-state index contributed by atoms with van der Waals surface area (Å²) in [5, 5.41) is 0. The Morgan fingerprint density at radius 1 is 1.12 bits per heavy atom. The number of rotatable bonds is 6. The molecule has 2 N–H and O–H groups in total. The molecule has 0 amide bonds. The number of benzene rings is 1. The van der Waals surface area contributed by atoms with Gasteiger partial charge >= 0.3 is 0 Å². The zero-order valence-electron chi connectivity index (χ0n) is 10.0. The number of nitrogens with zero attached hydrogens (tertiary/aromatic N) is 2. The summed E-state index contributed by atoms with van der Waals surface area (Å²) in [5.74, 6) is 0. The molecule has 0 spiro atoms. The van der Waals surface area contributed by atoms with Gasteiger partial charge in [-0.25, -0.2) is 4.98 Å². The van der Waals surface area contributed by atoms with Crippen molar-refractivity contribution in [3.63, 3.8) is 0 Å². The fraction of sp³-hybridized carbons (Fsp3) is 0.357. The topological polar surface area (TPSA) is 43.8 Å². The molecule has 1 aromatic carbocycles. The molecule has 3 heteroatoms. The monoisotopic (exact) mass is 229 g/mol. The molecule has 1 heterocycles. The Bertz CT molecular complexity index is 434. The third-order valence-electron chi connectivity index (χ3n) is 2.81. The number of nitrogens with two attached hydrogens (primary N) is 1. The van der Waals surface area contributed by atoms with Crippen LogP contribution in [0.5, 0.6) is 0 Å². The Hall–Kier alpha value is -1.61. The molecule has 0 bridgehead atoms. The fourth-order valence-electron chi connectivity index (χ4n) is 1.92. The smallest absolute Gasteiger partial charge is 0.0949 e. The molecule has 17 heavy (non-hydrogen) atoms. The normalized spacial score (nSPS) is 10.6. The summed E-state index contributed by atoms with van der Waals surface area (Å²) in [4.78, 5) is 4.31. The van der Waals surface area contributed by atoms with Crippen LogP contribution in [0.1, 0.15) is 17.7 Å². The quantitative estimate of drug-likeness (QED) is 0.823. The third-order valence-corrected chi connectivity index (χ3v) is 2.81. The highest BCUT2D eigenvalue weighted by Crippen LogP contribution is 2.04. The molecule has 0 radical (unpaired) electrons. The molecule has 0 aliphatic carbocycles. The summed E-state index contributed by atoms with van der Waals surface area (Å²) >= 11 is 0. The lowest BCUT2D eigenvalue weighted by Gasteiger charge is -2.02. The van der Waals surface area contributed by atoms with Crippen LogP contribution in [0, 0.1) is 0 Å². The van der Waals surface area contributed by atoms with E-state index in [1.165, 1.54) is 5.56 Å². The maximum absolute atomic E-state index is 5.50. The van der Waals surface area contributed by atoms with Crippen molar-refractivity contribution in [1.82, 2.24) is 9.55 Å². The lowest BCUT2D eigenvalue weighted by Crippen LogP contribution is -2.02. The van der Waals surface area contributed by atoms with Gasteiger partial charge in [-0.2, -0.15) is 0 Å². The summed E-state index contributed by atoms with van der Waals surface area (Å²) < 4.78 is 2.15. The van der Waals surface area contributed by atoms with Crippen LogP contribution >= 0.6 is 0 Å². The van der Waals surface area contributed by atoms with Gasteiger partial charge in [0.15, 0.2) is 0 Å². The zero-order chi connectivity index (χ0) is 11.9. The van der Waals surface area contributed by atoms with Crippen molar-refractivity contribution in [2.24, 2.45) is 5.73 Å². The first-order valence-electron chi connectivity index (χ1n) is 6.13. The van der Waals surface area contributed by atoms with E-state index in [2.05, 4.69) is 46.1 Å². The first kappa shape index (κ1) is 11.9. The Morgan fingerprint density at radius 2 is 1.94 bits per heavy atom. The van der Waals surface area contributed by atoms with E-state index in [1.54, 1.807) is 0 Å². The molecule has 3 nitrogen and oxygen atoms in total. The molecular formula is C14H19N3. The summed E-state index contributed by atoms with van der Waals surface area (Å²) in [6.07, 6.45) is 7.12. The maximum Gasteiger partial charge on any atom is 0.0949 e. The van der Waals surface area contributed by atoms with E-state index in [4.69, 9.17) is 5.73 Å². The van der Waals surface area contributed by atoms with Crippen LogP contribution in [-0.4, -0.2) is 16.1 Å². The van der Waals surface area contributed by atoms with Crippen LogP contribution in [0.4, 0.5) is 0 Å². The molecule has 0 saturated heterocycles. The van der Waals surface area contributed by atoms with Gasteiger partial charge < -0.3 is 10.3 Å². The minimum absolute atomic E-state index is 0.668. The van der Waals surface area contributed by atoms with Crippen molar-refractivity contribution < 1.29 is 0 Å². The SMILES string of the molecule is NCCc1cn(CCCc2ccccc2)cn1. The van der Waals surface area contributed by atoms with Gasteiger partial charge in [-0.3, -0.25) is 0 Å². The summed E-state index contributed by atoms with van der Waals surface area (Å²) in [7, 11) is 0. The minimum atomic E-state index is 0.668. The Labute approximate surface area is 102 Å². The number of hydrogen-bond acceptors (Lipinski definition) is 2. The largest absolute Gasteiger partial charge is 0.337 e. The van der Waals surface area contributed by atoms with E-state index >= 15 is 0 Å². The van der Waals surface area contributed by atoms with Crippen LogP contribution in [0.25, 0.3) is 0 Å². The molecular weight excluding hydrogens is 210 g/mol. The second-order valence-corrected chi connectivity index (χ2v) is 4.23. The summed E-state index contributed by atoms with van der Waals surface area (Å²) in [6, 6.07) is 10.6. The van der Waals surface area contributed by atoms with E-state index in [-0.39, 0.29) is 0 Å². The van der Waals surface area contributed by atoms with E-state index < -0.39 is 0 Å². The van der Waals surface area contributed by atoms with E-state index in [0.717, 1.165) is 31.5 Å². The van der Waals surface area contributed by atoms with Gasteiger partial charge in [0.2, 0.25) is 0 Å². The highest BCUT2D eigenvalue weighted by molar-refractivity contribution is 5.14. The average molecular weight is 229 g/mol. The Kier molecular flexibility index (Phi) is 4.33. The molecule has 0 unspecified atom stereocenters. The van der Waals surface area contributed by atoms with Crippen molar-refractivity contribution in [1.29, 1.82) is 0 Å². The van der Waals surface area contributed by atoms with E-state index in [0.29, 0.717) is 6.54 Å². The number of hydrogen-bond donors (Lipinski definition) is 1. The summed E-state index contributed by atoms with van der Waals surface area (Å²) in [5.41, 5.74) is 7.98. The highest BCUT2D eigenvalue weighted by Gasteiger charge is 1.98. The van der Waals surface area contributed by atoms with Gasteiger partial charge in [-0.15, -0.1) is 0 Å².